The van der Waals surface area contributed by atoms with Gasteiger partial charge in [-0.15, -0.1) is 0 Å². The Morgan fingerprint density at radius 3 is 2.49 bits per heavy atom. The van der Waals surface area contributed by atoms with Gasteiger partial charge in [0.15, 0.2) is 6.10 Å². The minimum atomic E-state index is -4.26. The first kappa shape index (κ1) is 23.6. The van der Waals surface area contributed by atoms with Crippen molar-refractivity contribution in [3.05, 3.63) is 100 Å². The minimum Gasteiger partial charge on any atom is -0.451 e. The van der Waals surface area contributed by atoms with E-state index in [9.17, 15) is 28.1 Å². The number of Topliss-reactive ketones (excluding diaryl/α,β-unsaturated/α-hetero) is 1. The average Bonchev–Trinajstić information content (AvgIpc) is 3.28. The van der Waals surface area contributed by atoms with E-state index in [0.717, 1.165) is 17.6 Å². The zero-order chi connectivity index (χ0) is 25.2. The molecule has 4 rings (SSSR count). The number of rotatable bonds is 8. The molecule has 0 aliphatic heterocycles. The summed E-state index contributed by atoms with van der Waals surface area (Å²) in [5, 5.41) is 11.7. The molecule has 3 aromatic carbocycles. The number of esters is 1. The van der Waals surface area contributed by atoms with Crippen LogP contribution in [0.4, 0.5) is 11.4 Å². The van der Waals surface area contributed by atoms with Gasteiger partial charge in [-0.05, 0) is 31.2 Å². The number of nitrogens with one attached hydrogen (secondary N) is 2. The molecular weight excluding hydrogens is 474 g/mol. The predicted octanol–water partition coefficient (Wildman–Crippen LogP) is 4.31. The van der Waals surface area contributed by atoms with Gasteiger partial charge in [-0.1, -0.05) is 36.4 Å². The highest BCUT2D eigenvalue weighted by Crippen LogP contribution is 2.25. The van der Waals surface area contributed by atoms with E-state index in [1.807, 2.05) is 12.1 Å². The van der Waals surface area contributed by atoms with Crippen LogP contribution in [-0.2, 0) is 14.8 Å². The molecular formula is C24H19N3O7S. The first-order valence-electron chi connectivity index (χ1n) is 10.3. The summed E-state index contributed by atoms with van der Waals surface area (Å²) in [6, 6.07) is 17.4. The molecule has 178 valence electrons. The highest BCUT2D eigenvalue weighted by Gasteiger charge is 2.25. The minimum absolute atomic E-state index is 0.101. The fraction of sp³-hybridized carbons (Fsp3) is 0.0833. The maximum atomic E-state index is 12.9. The van der Waals surface area contributed by atoms with E-state index in [2.05, 4.69) is 9.71 Å². The van der Waals surface area contributed by atoms with Crippen LogP contribution in [0.25, 0.3) is 10.9 Å². The number of hydrogen-bond donors (Lipinski definition) is 2. The normalized spacial score (nSPS) is 12.1. The third-order valence-electron chi connectivity index (χ3n) is 5.24. The van der Waals surface area contributed by atoms with Crippen molar-refractivity contribution in [2.75, 3.05) is 4.72 Å². The summed E-state index contributed by atoms with van der Waals surface area (Å²) < 4.78 is 33.3. The van der Waals surface area contributed by atoms with E-state index in [1.165, 1.54) is 43.3 Å². The van der Waals surface area contributed by atoms with E-state index in [1.54, 1.807) is 18.3 Å². The molecule has 0 radical (unpaired) electrons. The van der Waals surface area contributed by atoms with Crippen LogP contribution in [-0.4, -0.2) is 36.2 Å². The Balaban J connectivity index is 1.55. The summed E-state index contributed by atoms with van der Waals surface area (Å²) in [6.45, 7) is 1.43. The third-order valence-corrected chi connectivity index (χ3v) is 6.60. The quantitative estimate of drug-likeness (QED) is 0.161. The van der Waals surface area contributed by atoms with Gasteiger partial charge in [0.1, 0.15) is 0 Å². The highest BCUT2D eigenvalue weighted by atomic mass is 32.2. The zero-order valence-electron chi connectivity index (χ0n) is 18.3. The van der Waals surface area contributed by atoms with Crippen LogP contribution < -0.4 is 4.72 Å². The van der Waals surface area contributed by atoms with Crippen LogP contribution in [0.3, 0.4) is 0 Å². The number of para-hydroxylation sites is 2. The standard InChI is InChI=1S/C24H19N3O7S/c1-15(23(28)20-14-25-21-11-4-2-9-18(20)21)34-24(29)19-10-3-5-12-22(19)26-35(32,33)17-8-6-7-16(13-17)27(30)31/h2-15,25-26H,1H3. The summed E-state index contributed by atoms with van der Waals surface area (Å²) >= 11 is 0. The second-order valence-electron chi connectivity index (χ2n) is 7.57. The first-order chi connectivity index (χ1) is 16.7. The van der Waals surface area contributed by atoms with Crippen molar-refractivity contribution in [3.63, 3.8) is 0 Å². The van der Waals surface area contributed by atoms with Crippen LogP contribution >= 0.6 is 0 Å². The van der Waals surface area contributed by atoms with E-state index < -0.39 is 38.5 Å². The zero-order valence-corrected chi connectivity index (χ0v) is 19.1. The summed E-state index contributed by atoms with van der Waals surface area (Å²) in [7, 11) is -4.26. The lowest BCUT2D eigenvalue weighted by Crippen LogP contribution is -2.25. The fourth-order valence-electron chi connectivity index (χ4n) is 3.49. The van der Waals surface area contributed by atoms with Gasteiger partial charge in [0.05, 0.1) is 21.1 Å². The average molecular weight is 493 g/mol. The Morgan fingerprint density at radius 1 is 1.00 bits per heavy atom. The second-order valence-corrected chi connectivity index (χ2v) is 9.25. The molecule has 0 aliphatic carbocycles. The third kappa shape index (κ3) is 4.89. The fourth-order valence-corrected chi connectivity index (χ4v) is 4.61. The molecule has 0 bridgehead atoms. The number of nitro benzene ring substituents is 1. The lowest BCUT2D eigenvalue weighted by molar-refractivity contribution is -0.385. The molecule has 11 heteroatoms. The number of aromatic nitrogens is 1. The van der Waals surface area contributed by atoms with Crippen molar-refractivity contribution < 1.29 is 27.7 Å². The number of hydrogen-bond acceptors (Lipinski definition) is 7. The van der Waals surface area contributed by atoms with Gasteiger partial charge in [0.2, 0.25) is 5.78 Å². The molecule has 0 amide bonds. The smallest absolute Gasteiger partial charge is 0.340 e. The number of ketones is 1. The van der Waals surface area contributed by atoms with Crippen molar-refractivity contribution in [3.8, 4) is 0 Å². The van der Waals surface area contributed by atoms with Crippen molar-refractivity contribution in [2.24, 2.45) is 0 Å². The van der Waals surface area contributed by atoms with Crippen molar-refractivity contribution in [2.45, 2.75) is 17.9 Å². The predicted molar refractivity (Wildman–Crippen MR) is 128 cm³/mol. The molecule has 0 spiro atoms. The number of non-ortho nitro benzene ring substituents is 1. The van der Waals surface area contributed by atoms with E-state index in [-0.39, 0.29) is 16.1 Å². The number of ether oxygens (including phenoxy) is 1. The number of carbonyl (C=O) groups excluding carboxylic acids is 2. The Kier molecular flexibility index (Phi) is 6.34. The van der Waals surface area contributed by atoms with Gasteiger partial charge in [0, 0.05) is 34.8 Å². The molecule has 0 fully saturated rings. The number of aromatic amines is 1. The second kappa shape index (κ2) is 9.39. The Labute approximate surface area is 199 Å². The molecule has 10 nitrogen and oxygen atoms in total. The van der Waals surface area contributed by atoms with Crippen LogP contribution in [0.5, 0.6) is 0 Å². The Hall–Kier alpha value is -4.51. The molecule has 0 saturated heterocycles. The van der Waals surface area contributed by atoms with Crippen molar-refractivity contribution in [1.82, 2.24) is 4.98 Å². The number of nitro groups is 1. The number of H-pyrrole nitrogens is 1. The van der Waals surface area contributed by atoms with Gasteiger partial charge < -0.3 is 9.72 Å². The van der Waals surface area contributed by atoms with Crippen LogP contribution in [0.1, 0.15) is 27.6 Å². The number of sulfonamides is 1. The molecule has 1 heterocycles. The monoisotopic (exact) mass is 493 g/mol. The summed E-state index contributed by atoms with van der Waals surface area (Å²) in [4.78, 5) is 38.7. The summed E-state index contributed by atoms with van der Waals surface area (Å²) in [5.74, 6) is -1.34. The number of nitrogens with zero attached hydrogens (tertiary/aromatic N) is 1. The molecule has 2 N–H and O–H groups in total. The van der Waals surface area contributed by atoms with Crippen LogP contribution in [0, 0.1) is 10.1 Å². The number of anilines is 1. The van der Waals surface area contributed by atoms with Gasteiger partial charge in [0.25, 0.3) is 15.7 Å². The molecule has 1 atom stereocenters. The SMILES string of the molecule is CC(OC(=O)c1ccccc1NS(=O)(=O)c1cccc([N+](=O)[O-])c1)C(=O)c1c[nH]c2ccccc12. The van der Waals surface area contributed by atoms with Gasteiger partial charge in [-0.25, -0.2) is 13.2 Å². The van der Waals surface area contributed by atoms with Crippen molar-refractivity contribution >= 4 is 44.1 Å². The van der Waals surface area contributed by atoms with Crippen LogP contribution in [0.15, 0.2) is 83.9 Å². The maximum Gasteiger partial charge on any atom is 0.340 e. The molecule has 0 saturated carbocycles. The van der Waals surface area contributed by atoms with Gasteiger partial charge in [-0.3, -0.25) is 19.6 Å². The van der Waals surface area contributed by atoms with Crippen LogP contribution in [0.2, 0.25) is 0 Å². The first-order valence-corrected chi connectivity index (χ1v) is 11.8. The lowest BCUT2D eigenvalue weighted by atomic mass is 10.1. The lowest BCUT2D eigenvalue weighted by Gasteiger charge is -2.15. The van der Waals surface area contributed by atoms with E-state index >= 15 is 0 Å². The largest absolute Gasteiger partial charge is 0.451 e. The Bertz CT molecular complexity index is 1560. The number of benzene rings is 3. The van der Waals surface area contributed by atoms with Crippen molar-refractivity contribution in [1.29, 1.82) is 0 Å². The van der Waals surface area contributed by atoms with Gasteiger partial charge in [-0.2, -0.15) is 0 Å². The Morgan fingerprint density at radius 2 is 1.71 bits per heavy atom. The maximum absolute atomic E-state index is 12.9. The molecule has 4 aromatic rings. The topological polar surface area (TPSA) is 148 Å². The van der Waals surface area contributed by atoms with E-state index in [4.69, 9.17) is 4.74 Å². The molecule has 35 heavy (non-hydrogen) atoms. The number of fused-ring (bicyclic) bond motifs is 1. The van der Waals surface area contributed by atoms with E-state index in [0.29, 0.717) is 10.9 Å². The highest BCUT2D eigenvalue weighted by molar-refractivity contribution is 7.92. The molecule has 1 aromatic heterocycles. The summed E-state index contributed by atoms with van der Waals surface area (Å²) in [5.41, 5.74) is 0.497. The van der Waals surface area contributed by atoms with Gasteiger partial charge >= 0.3 is 5.97 Å². The summed E-state index contributed by atoms with van der Waals surface area (Å²) in [6.07, 6.45) is 0.390. The molecule has 0 aliphatic rings. The number of carbonyl (C=O) groups is 2. The molecule has 1 unspecified atom stereocenters.